The minimum atomic E-state index is -0.931. The van der Waals surface area contributed by atoms with E-state index in [4.69, 9.17) is 4.74 Å². The molecule has 2 N–H and O–H groups in total. The highest BCUT2D eigenvalue weighted by molar-refractivity contribution is 6.00. The molecule has 0 saturated carbocycles. The minimum absolute atomic E-state index is 0.247. The minimum Gasteiger partial charge on any atom is -0.444 e. The Kier molecular flexibility index (Phi) is 10.1. The Morgan fingerprint density at radius 1 is 0.895 bits per heavy atom. The van der Waals surface area contributed by atoms with Crippen LogP contribution in [0.2, 0.25) is 0 Å². The standard InChI is InChI=1S/C31H45N3O4/c1-11-31(9,10)34(28(36)24(20(2)3)33-29(37)38-30(6,7)8)26(23-18-13-12-14-19-23)27(35)32-25-21(4)16-15-17-22(25)5/h12-20,24,26H,11H2,1-10H3,(H,32,35)(H,33,37). The van der Waals surface area contributed by atoms with E-state index >= 15 is 0 Å². The molecule has 0 radical (unpaired) electrons. The van der Waals surface area contributed by atoms with Gasteiger partial charge in [0.25, 0.3) is 5.91 Å². The van der Waals surface area contributed by atoms with E-state index in [0.717, 1.165) is 16.8 Å². The second kappa shape index (κ2) is 12.5. The molecule has 38 heavy (non-hydrogen) atoms. The Bertz CT molecular complexity index is 1100. The summed E-state index contributed by atoms with van der Waals surface area (Å²) in [6.45, 7) is 18.8. The quantitative estimate of drug-likeness (QED) is 0.390. The molecule has 0 aliphatic heterocycles. The lowest BCUT2D eigenvalue weighted by atomic mass is 9.90. The number of alkyl carbamates (subject to hydrolysis) is 1. The Balaban J connectivity index is 2.62. The van der Waals surface area contributed by atoms with Crippen LogP contribution in [0, 0.1) is 19.8 Å². The highest BCUT2D eigenvalue weighted by Crippen LogP contribution is 2.34. The maximum atomic E-state index is 14.4. The second-order valence-corrected chi connectivity index (χ2v) is 11.8. The smallest absolute Gasteiger partial charge is 0.408 e. The summed E-state index contributed by atoms with van der Waals surface area (Å²) in [7, 11) is 0. The number of benzene rings is 2. The zero-order valence-corrected chi connectivity index (χ0v) is 24.6. The SMILES string of the molecule is CCC(C)(C)N(C(=O)C(NC(=O)OC(C)(C)C)C(C)C)C(C(=O)Nc1c(C)cccc1C)c1ccccc1. The van der Waals surface area contributed by atoms with Crippen LogP contribution in [0.5, 0.6) is 0 Å². The van der Waals surface area contributed by atoms with Crippen molar-refractivity contribution < 1.29 is 19.1 Å². The van der Waals surface area contributed by atoms with Crippen LogP contribution in [0.3, 0.4) is 0 Å². The number of rotatable bonds is 9. The number of ether oxygens (including phenoxy) is 1. The normalized spacial score (nSPS) is 13.4. The van der Waals surface area contributed by atoms with Crippen LogP contribution in [0.25, 0.3) is 0 Å². The van der Waals surface area contributed by atoms with Gasteiger partial charge in [-0.2, -0.15) is 0 Å². The summed E-state index contributed by atoms with van der Waals surface area (Å²) < 4.78 is 5.46. The van der Waals surface area contributed by atoms with Crippen molar-refractivity contribution in [3.8, 4) is 0 Å². The first-order valence-electron chi connectivity index (χ1n) is 13.3. The molecule has 0 saturated heterocycles. The van der Waals surface area contributed by atoms with Gasteiger partial charge in [0, 0.05) is 11.2 Å². The van der Waals surface area contributed by atoms with Crippen molar-refractivity contribution in [2.24, 2.45) is 5.92 Å². The lowest BCUT2D eigenvalue weighted by molar-refractivity contribution is -0.148. The van der Waals surface area contributed by atoms with Gasteiger partial charge in [0.15, 0.2) is 0 Å². The molecular weight excluding hydrogens is 478 g/mol. The number of carbonyl (C=O) groups excluding carboxylic acids is 3. The molecule has 3 amide bonds. The van der Waals surface area contributed by atoms with Gasteiger partial charge in [0.2, 0.25) is 5.91 Å². The lowest BCUT2D eigenvalue weighted by Gasteiger charge is -2.45. The predicted octanol–water partition coefficient (Wildman–Crippen LogP) is 6.55. The molecular formula is C31H45N3O4. The number of nitrogens with zero attached hydrogens (tertiary/aromatic N) is 1. The fourth-order valence-corrected chi connectivity index (χ4v) is 4.30. The third kappa shape index (κ3) is 7.83. The summed E-state index contributed by atoms with van der Waals surface area (Å²) in [5, 5.41) is 5.88. The molecule has 0 bridgehead atoms. The molecule has 2 rings (SSSR count). The molecule has 0 aromatic heterocycles. The summed E-state index contributed by atoms with van der Waals surface area (Å²) >= 11 is 0. The summed E-state index contributed by atoms with van der Waals surface area (Å²) in [6.07, 6.45) is -0.0780. The summed E-state index contributed by atoms with van der Waals surface area (Å²) in [4.78, 5) is 42.8. The number of carbonyl (C=O) groups is 3. The molecule has 0 spiro atoms. The first kappa shape index (κ1) is 30.9. The first-order valence-corrected chi connectivity index (χ1v) is 13.3. The molecule has 208 valence electrons. The fourth-order valence-electron chi connectivity index (χ4n) is 4.30. The number of nitrogens with one attached hydrogen (secondary N) is 2. The van der Waals surface area contributed by atoms with E-state index in [1.807, 2.05) is 97.0 Å². The van der Waals surface area contributed by atoms with Crippen LogP contribution >= 0.6 is 0 Å². The van der Waals surface area contributed by atoms with Gasteiger partial charge in [0.1, 0.15) is 17.7 Å². The van der Waals surface area contributed by atoms with Gasteiger partial charge in [-0.25, -0.2) is 4.79 Å². The van der Waals surface area contributed by atoms with Gasteiger partial charge in [-0.05, 0) is 77.5 Å². The summed E-state index contributed by atoms with van der Waals surface area (Å²) in [5.41, 5.74) is 1.86. The lowest BCUT2D eigenvalue weighted by Crippen LogP contribution is -2.60. The monoisotopic (exact) mass is 523 g/mol. The molecule has 7 nitrogen and oxygen atoms in total. The van der Waals surface area contributed by atoms with E-state index < -0.39 is 29.3 Å². The number of aryl methyl sites for hydroxylation is 2. The van der Waals surface area contributed by atoms with Gasteiger partial charge < -0.3 is 20.3 Å². The molecule has 0 aliphatic rings. The van der Waals surface area contributed by atoms with Crippen LogP contribution in [0.1, 0.15) is 84.5 Å². The zero-order chi connectivity index (χ0) is 28.8. The number of anilines is 1. The first-order chi connectivity index (χ1) is 17.6. The molecule has 7 heteroatoms. The highest BCUT2D eigenvalue weighted by atomic mass is 16.6. The summed E-state index contributed by atoms with van der Waals surface area (Å²) in [5.74, 6) is -0.908. The van der Waals surface area contributed by atoms with Crippen molar-refractivity contribution in [2.45, 2.75) is 98.9 Å². The van der Waals surface area contributed by atoms with Crippen LogP contribution < -0.4 is 10.6 Å². The Labute approximate surface area is 228 Å². The van der Waals surface area contributed by atoms with Crippen molar-refractivity contribution in [2.75, 3.05) is 5.32 Å². The topological polar surface area (TPSA) is 87.7 Å². The van der Waals surface area contributed by atoms with Crippen molar-refractivity contribution in [1.82, 2.24) is 10.2 Å². The molecule has 2 aromatic rings. The Morgan fingerprint density at radius 2 is 1.45 bits per heavy atom. The van der Waals surface area contributed by atoms with E-state index in [9.17, 15) is 14.4 Å². The van der Waals surface area contributed by atoms with Crippen LogP contribution in [-0.2, 0) is 14.3 Å². The third-order valence-corrected chi connectivity index (χ3v) is 6.71. The van der Waals surface area contributed by atoms with Crippen molar-refractivity contribution in [1.29, 1.82) is 0 Å². The third-order valence-electron chi connectivity index (χ3n) is 6.71. The van der Waals surface area contributed by atoms with Gasteiger partial charge in [-0.1, -0.05) is 69.3 Å². The van der Waals surface area contributed by atoms with Crippen molar-refractivity contribution >= 4 is 23.6 Å². The van der Waals surface area contributed by atoms with E-state index in [0.29, 0.717) is 12.0 Å². The van der Waals surface area contributed by atoms with Crippen LogP contribution in [-0.4, -0.2) is 40.0 Å². The van der Waals surface area contributed by atoms with E-state index in [1.165, 1.54) is 0 Å². The fraction of sp³-hybridized carbons (Fsp3) is 0.516. The van der Waals surface area contributed by atoms with Gasteiger partial charge >= 0.3 is 6.09 Å². The van der Waals surface area contributed by atoms with Gasteiger partial charge in [0.05, 0.1) is 0 Å². The van der Waals surface area contributed by atoms with E-state index in [2.05, 4.69) is 10.6 Å². The molecule has 2 atom stereocenters. The molecule has 0 aliphatic carbocycles. The average molecular weight is 524 g/mol. The molecule has 2 unspecified atom stereocenters. The second-order valence-electron chi connectivity index (χ2n) is 11.8. The number of para-hydroxylation sites is 1. The molecule has 0 heterocycles. The average Bonchev–Trinajstić information content (AvgIpc) is 2.82. The molecule has 2 aromatic carbocycles. The van der Waals surface area contributed by atoms with E-state index in [1.54, 1.807) is 25.7 Å². The number of hydrogen-bond acceptors (Lipinski definition) is 4. The largest absolute Gasteiger partial charge is 0.444 e. The highest BCUT2D eigenvalue weighted by Gasteiger charge is 2.44. The number of amides is 3. The molecule has 0 fully saturated rings. The van der Waals surface area contributed by atoms with Gasteiger partial charge in [-0.15, -0.1) is 0 Å². The van der Waals surface area contributed by atoms with E-state index in [-0.39, 0.29) is 17.7 Å². The van der Waals surface area contributed by atoms with Crippen LogP contribution in [0.4, 0.5) is 10.5 Å². The van der Waals surface area contributed by atoms with Crippen molar-refractivity contribution in [3.05, 3.63) is 65.2 Å². The Hall–Kier alpha value is -3.35. The van der Waals surface area contributed by atoms with Crippen molar-refractivity contribution in [3.63, 3.8) is 0 Å². The maximum Gasteiger partial charge on any atom is 0.408 e. The summed E-state index contributed by atoms with van der Waals surface area (Å²) in [6, 6.07) is 13.3. The Morgan fingerprint density at radius 3 is 1.92 bits per heavy atom. The van der Waals surface area contributed by atoms with Gasteiger partial charge in [-0.3, -0.25) is 9.59 Å². The number of hydrogen-bond donors (Lipinski definition) is 2. The zero-order valence-electron chi connectivity index (χ0n) is 24.6. The van der Waals surface area contributed by atoms with Crippen LogP contribution in [0.15, 0.2) is 48.5 Å². The maximum absolute atomic E-state index is 14.4. The predicted molar refractivity (Wildman–Crippen MR) is 153 cm³/mol.